The van der Waals surface area contributed by atoms with Gasteiger partial charge >= 0.3 is 0 Å². The fraction of sp³-hybridized carbons (Fsp3) is 0.643. The summed E-state index contributed by atoms with van der Waals surface area (Å²) in [5.41, 5.74) is 0.441. The van der Waals surface area contributed by atoms with E-state index in [0.29, 0.717) is 17.6 Å². The predicted octanol–water partition coefficient (Wildman–Crippen LogP) is 1.56. The number of nitrogens with zero attached hydrogens (tertiary/aromatic N) is 4. The fourth-order valence-corrected chi connectivity index (χ4v) is 2.48. The molecular formula is C14H21N5. The number of aromatic nitrogens is 2. The van der Waals surface area contributed by atoms with Crippen LogP contribution in [-0.2, 0) is 0 Å². The van der Waals surface area contributed by atoms with E-state index in [1.54, 1.807) is 12.3 Å². The van der Waals surface area contributed by atoms with Crippen LogP contribution in [0.2, 0.25) is 0 Å². The van der Waals surface area contributed by atoms with E-state index in [9.17, 15) is 0 Å². The Morgan fingerprint density at radius 2 is 2.26 bits per heavy atom. The third kappa shape index (κ3) is 3.90. The minimum atomic E-state index is 0.441. The van der Waals surface area contributed by atoms with Crippen LogP contribution in [-0.4, -0.2) is 36.1 Å². The summed E-state index contributed by atoms with van der Waals surface area (Å²) in [6.45, 7) is 6.29. The Bertz CT molecular complexity index is 434. The van der Waals surface area contributed by atoms with E-state index in [2.05, 4.69) is 33.2 Å². The molecule has 0 amide bonds. The summed E-state index contributed by atoms with van der Waals surface area (Å²) in [4.78, 5) is 10.9. The average Bonchev–Trinajstić information content (AvgIpc) is 2.48. The van der Waals surface area contributed by atoms with Crippen LogP contribution in [0.1, 0.15) is 31.9 Å². The van der Waals surface area contributed by atoms with E-state index in [1.807, 2.05) is 0 Å². The molecule has 1 aliphatic rings. The standard InChI is InChI=1S/C14H21N5/c1-2-9-19(11-12-3-6-16-7-4-12)14-17-8-5-13(10-15)18-14/h5,8,12,16H,2-4,6-7,9,11H2,1H3. The highest BCUT2D eigenvalue weighted by molar-refractivity contribution is 5.33. The molecule has 0 bridgehead atoms. The van der Waals surface area contributed by atoms with Gasteiger partial charge in [-0.1, -0.05) is 6.92 Å². The van der Waals surface area contributed by atoms with Crippen molar-refractivity contribution in [3.05, 3.63) is 18.0 Å². The first-order chi connectivity index (χ1) is 9.33. The van der Waals surface area contributed by atoms with Gasteiger partial charge in [0, 0.05) is 19.3 Å². The van der Waals surface area contributed by atoms with Crippen molar-refractivity contribution in [2.24, 2.45) is 5.92 Å². The van der Waals surface area contributed by atoms with Gasteiger partial charge in [-0.15, -0.1) is 0 Å². The first-order valence-corrected chi connectivity index (χ1v) is 7.02. The number of nitriles is 1. The molecule has 0 radical (unpaired) electrons. The summed E-state index contributed by atoms with van der Waals surface area (Å²) in [5.74, 6) is 1.39. The second-order valence-electron chi connectivity index (χ2n) is 4.99. The van der Waals surface area contributed by atoms with Gasteiger partial charge in [-0.05, 0) is 44.3 Å². The van der Waals surface area contributed by atoms with Crippen LogP contribution < -0.4 is 10.2 Å². The van der Waals surface area contributed by atoms with Crippen molar-refractivity contribution in [2.45, 2.75) is 26.2 Å². The summed E-state index contributed by atoms with van der Waals surface area (Å²) in [6, 6.07) is 3.73. The molecule has 5 heteroatoms. The second kappa shape index (κ2) is 7.05. The predicted molar refractivity (Wildman–Crippen MR) is 74.8 cm³/mol. The summed E-state index contributed by atoms with van der Waals surface area (Å²) >= 11 is 0. The number of hydrogen-bond acceptors (Lipinski definition) is 5. The van der Waals surface area contributed by atoms with E-state index < -0.39 is 0 Å². The second-order valence-corrected chi connectivity index (χ2v) is 4.99. The lowest BCUT2D eigenvalue weighted by molar-refractivity contribution is 0.372. The molecule has 102 valence electrons. The molecular weight excluding hydrogens is 238 g/mol. The van der Waals surface area contributed by atoms with Crippen LogP contribution in [0.3, 0.4) is 0 Å². The zero-order valence-corrected chi connectivity index (χ0v) is 11.5. The molecule has 1 saturated heterocycles. The van der Waals surface area contributed by atoms with Crippen molar-refractivity contribution in [1.82, 2.24) is 15.3 Å². The van der Waals surface area contributed by atoms with E-state index in [4.69, 9.17) is 5.26 Å². The molecule has 1 aliphatic heterocycles. The molecule has 0 saturated carbocycles. The highest BCUT2D eigenvalue weighted by Crippen LogP contribution is 2.17. The average molecular weight is 259 g/mol. The van der Waals surface area contributed by atoms with E-state index in [1.165, 1.54) is 12.8 Å². The lowest BCUT2D eigenvalue weighted by atomic mass is 9.97. The maximum absolute atomic E-state index is 8.93. The molecule has 1 aromatic rings. The Labute approximate surface area is 114 Å². The van der Waals surface area contributed by atoms with Gasteiger partial charge < -0.3 is 10.2 Å². The van der Waals surface area contributed by atoms with Gasteiger partial charge in [-0.2, -0.15) is 5.26 Å². The molecule has 1 fully saturated rings. The zero-order valence-electron chi connectivity index (χ0n) is 11.5. The van der Waals surface area contributed by atoms with Crippen LogP contribution in [0.4, 0.5) is 5.95 Å². The molecule has 0 aromatic carbocycles. The van der Waals surface area contributed by atoms with Crippen LogP contribution >= 0.6 is 0 Å². The smallest absolute Gasteiger partial charge is 0.226 e. The van der Waals surface area contributed by atoms with Crippen molar-refractivity contribution in [2.75, 3.05) is 31.1 Å². The van der Waals surface area contributed by atoms with Gasteiger partial charge in [-0.25, -0.2) is 9.97 Å². The number of nitrogens with one attached hydrogen (secondary N) is 1. The molecule has 0 unspecified atom stereocenters. The van der Waals surface area contributed by atoms with Crippen molar-refractivity contribution < 1.29 is 0 Å². The minimum Gasteiger partial charge on any atom is -0.341 e. The number of piperidine rings is 1. The summed E-state index contributed by atoms with van der Waals surface area (Å²) in [7, 11) is 0. The third-order valence-corrected chi connectivity index (χ3v) is 3.47. The van der Waals surface area contributed by atoms with Gasteiger partial charge in [0.15, 0.2) is 0 Å². The van der Waals surface area contributed by atoms with E-state index in [-0.39, 0.29) is 0 Å². The molecule has 2 heterocycles. The minimum absolute atomic E-state index is 0.441. The summed E-state index contributed by atoms with van der Waals surface area (Å²) < 4.78 is 0. The largest absolute Gasteiger partial charge is 0.341 e. The Hall–Kier alpha value is -1.67. The SMILES string of the molecule is CCCN(CC1CCNCC1)c1nccc(C#N)n1. The highest BCUT2D eigenvalue weighted by Gasteiger charge is 2.18. The molecule has 0 aliphatic carbocycles. The topological polar surface area (TPSA) is 64.8 Å². The van der Waals surface area contributed by atoms with Crippen LogP contribution in [0.15, 0.2) is 12.3 Å². The first-order valence-electron chi connectivity index (χ1n) is 7.02. The quantitative estimate of drug-likeness (QED) is 0.869. The molecule has 1 aromatic heterocycles. The number of anilines is 1. The Kier molecular flexibility index (Phi) is 5.10. The number of hydrogen-bond donors (Lipinski definition) is 1. The molecule has 0 spiro atoms. The Balaban J connectivity index is 2.07. The summed E-state index contributed by atoms with van der Waals surface area (Å²) in [6.07, 6.45) is 5.15. The molecule has 5 nitrogen and oxygen atoms in total. The molecule has 19 heavy (non-hydrogen) atoms. The highest BCUT2D eigenvalue weighted by atomic mass is 15.2. The van der Waals surface area contributed by atoms with Gasteiger partial charge in [0.05, 0.1) is 0 Å². The summed E-state index contributed by atoms with van der Waals surface area (Å²) in [5, 5.41) is 12.3. The number of rotatable bonds is 5. The van der Waals surface area contributed by atoms with Gasteiger partial charge in [-0.3, -0.25) is 0 Å². The van der Waals surface area contributed by atoms with Gasteiger partial charge in [0.25, 0.3) is 0 Å². The fourth-order valence-electron chi connectivity index (χ4n) is 2.48. The van der Waals surface area contributed by atoms with Crippen molar-refractivity contribution in [3.8, 4) is 6.07 Å². The maximum atomic E-state index is 8.93. The van der Waals surface area contributed by atoms with Crippen LogP contribution in [0.25, 0.3) is 0 Å². The van der Waals surface area contributed by atoms with E-state index in [0.717, 1.165) is 32.6 Å². The first kappa shape index (κ1) is 13.8. The van der Waals surface area contributed by atoms with Crippen molar-refractivity contribution in [3.63, 3.8) is 0 Å². The third-order valence-electron chi connectivity index (χ3n) is 3.47. The zero-order chi connectivity index (χ0) is 13.5. The molecule has 0 atom stereocenters. The van der Waals surface area contributed by atoms with Gasteiger partial charge in [0.2, 0.25) is 5.95 Å². The molecule has 1 N–H and O–H groups in total. The Morgan fingerprint density at radius 3 is 2.95 bits per heavy atom. The monoisotopic (exact) mass is 259 g/mol. The van der Waals surface area contributed by atoms with Gasteiger partial charge in [0.1, 0.15) is 11.8 Å². The maximum Gasteiger partial charge on any atom is 0.226 e. The lowest BCUT2D eigenvalue weighted by Crippen LogP contribution is -2.37. The Morgan fingerprint density at radius 1 is 1.47 bits per heavy atom. The van der Waals surface area contributed by atoms with Crippen molar-refractivity contribution >= 4 is 5.95 Å². The van der Waals surface area contributed by atoms with Crippen LogP contribution in [0, 0.1) is 17.2 Å². The normalized spacial score (nSPS) is 16.0. The van der Waals surface area contributed by atoms with E-state index >= 15 is 0 Å². The van der Waals surface area contributed by atoms with Crippen LogP contribution in [0.5, 0.6) is 0 Å². The van der Waals surface area contributed by atoms with Crippen molar-refractivity contribution in [1.29, 1.82) is 5.26 Å². The lowest BCUT2D eigenvalue weighted by Gasteiger charge is -2.30. The molecule has 2 rings (SSSR count).